The van der Waals surface area contributed by atoms with Gasteiger partial charge in [0.2, 0.25) is 8.32 Å². The molecule has 2 aromatic carbocycles. The van der Waals surface area contributed by atoms with Crippen LogP contribution in [0.1, 0.15) is 11.4 Å². The Morgan fingerprint density at radius 1 is 1.00 bits per heavy atom. The second-order valence-electron chi connectivity index (χ2n) is 6.83. The zero-order valence-corrected chi connectivity index (χ0v) is 16.1. The number of hydrogen-bond donors (Lipinski definition) is 0. The number of hydrogen-bond acceptors (Lipinski definition) is 3. The number of nitrogens with zero attached hydrogens (tertiary/aromatic N) is 3. The molecular weight excluding hydrogens is 326 g/mol. The van der Waals surface area contributed by atoms with Crippen molar-refractivity contribution in [3.8, 4) is 5.75 Å². The Bertz CT molecular complexity index is 879. The third-order valence-corrected chi connectivity index (χ3v) is 4.43. The molecule has 25 heavy (non-hydrogen) atoms. The fourth-order valence-corrected chi connectivity index (χ4v) is 3.36. The van der Waals surface area contributed by atoms with Crippen LogP contribution in [-0.2, 0) is 0 Å². The molecule has 1 aromatic heterocycles. The lowest BCUT2D eigenvalue weighted by Crippen LogP contribution is -2.29. The van der Waals surface area contributed by atoms with Crippen LogP contribution in [0.3, 0.4) is 0 Å². The van der Waals surface area contributed by atoms with E-state index in [-0.39, 0.29) is 0 Å². The Kier molecular flexibility index (Phi) is 4.85. The Morgan fingerprint density at radius 2 is 1.68 bits per heavy atom. The number of aryl methyl sites for hydroxylation is 1. The molecular formula is C20H23N3OSi. The molecule has 0 radical (unpaired) electrons. The minimum absolute atomic E-state index is 0.827. The van der Waals surface area contributed by atoms with Crippen LogP contribution in [0.5, 0.6) is 5.75 Å². The molecule has 0 fully saturated rings. The molecule has 0 atom stereocenters. The molecule has 0 aliphatic heterocycles. The van der Waals surface area contributed by atoms with E-state index in [1.54, 1.807) is 6.20 Å². The van der Waals surface area contributed by atoms with Gasteiger partial charge in [0, 0.05) is 18.0 Å². The minimum atomic E-state index is -1.73. The first-order chi connectivity index (χ1) is 11.9. The van der Waals surface area contributed by atoms with Gasteiger partial charge in [-0.2, -0.15) is 0 Å². The van der Waals surface area contributed by atoms with Crippen LogP contribution in [0, 0.1) is 6.92 Å². The molecule has 0 saturated heterocycles. The Morgan fingerprint density at radius 3 is 2.32 bits per heavy atom. The smallest absolute Gasteiger partial charge is 0.242 e. The van der Waals surface area contributed by atoms with E-state index >= 15 is 0 Å². The number of benzene rings is 2. The highest BCUT2D eigenvalue weighted by atomic mass is 28.4. The number of para-hydroxylation sites is 2. The summed E-state index contributed by atoms with van der Waals surface area (Å²) >= 11 is 0. The molecule has 0 aliphatic rings. The van der Waals surface area contributed by atoms with Crippen molar-refractivity contribution in [2.45, 2.75) is 26.6 Å². The summed E-state index contributed by atoms with van der Waals surface area (Å²) < 4.78 is 8.22. The standard InChI is InChI=1S/C20H23N3OSi/c1-16-21-14-15-23(16)20(17-10-6-5-7-11-17)22-18-12-8-9-13-19(18)24-25(2,3)4/h5-15H,1-4H3. The lowest BCUT2D eigenvalue weighted by atomic mass is 10.2. The molecule has 128 valence electrons. The predicted octanol–water partition coefficient (Wildman–Crippen LogP) is 5.03. The SMILES string of the molecule is Cc1nccn1C(=Nc1ccccc1O[Si](C)(C)C)c1ccccc1. The Balaban J connectivity index is 2.14. The third kappa shape index (κ3) is 4.25. The quantitative estimate of drug-likeness (QED) is 0.376. The molecule has 0 spiro atoms. The average molecular weight is 350 g/mol. The van der Waals surface area contributed by atoms with Gasteiger partial charge in [0.25, 0.3) is 0 Å². The first-order valence-electron chi connectivity index (χ1n) is 8.36. The van der Waals surface area contributed by atoms with Crippen LogP contribution in [0.15, 0.2) is 72.0 Å². The molecule has 5 heteroatoms. The lowest BCUT2D eigenvalue weighted by molar-refractivity contribution is 0.559. The van der Waals surface area contributed by atoms with E-state index in [1.807, 2.05) is 60.2 Å². The summed E-state index contributed by atoms with van der Waals surface area (Å²) in [7, 11) is -1.73. The van der Waals surface area contributed by atoms with E-state index in [4.69, 9.17) is 9.42 Å². The summed E-state index contributed by atoms with van der Waals surface area (Å²) in [4.78, 5) is 9.30. The van der Waals surface area contributed by atoms with Gasteiger partial charge in [-0.1, -0.05) is 42.5 Å². The Hall–Kier alpha value is -2.66. The van der Waals surface area contributed by atoms with Gasteiger partial charge in [-0.05, 0) is 38.7 Å². The van der Waals surface area contributed by atoms with Gasteiger partial charge in [0.1, 0.15) is 23.1 Å². The zero-order chi connectivity index (χ0) is 17.9. The van der Waals surface area contributed by atoms with Gasteiger partial charge < -0.3 is 4.43 Å². The van der Waals surface area contributed by atoms with Crippen LogP contribution in [0.25, 0.3) is 0 Å². The van der Waals surface area contributed by atoms with E-state index in [0.29, 0.717) is 0 Å². The average Bonchev–Trinajstić information content (AvgIpc) is 2.99. The fourth-order valence-electron chi connectivity index (χ4n) is 2.53. The van der Waals surface area contributed by atoms with Gasteiger partial charge >= 0.3 is 0 Å². The summed E-state index contributed by atoms with van der Waals surface area (Å²) in [5.74, 6) is 2.56. The maximum atomic E-state index is 6.22. The van der Waals surface area contributed by atoms with Crippen molar-refractivity contribution in [3.63, 3.8) is 0 Å². The van der Waals surface area contributed by atoms with E-state index in [2.05, 4.69) is 36.8 Å². The van der Waals surface area contributed by atoms with Crippen molar-refractivity contribution in [3.05, 3.63) is 78.4 Å². The van der Waals surface area contributed by atoms with Crippen molar-refractivity contribution in [2.75, 3.05) is 0 Å². The fraction of sp³-hybridized carbons (Fsp3) is 0.200. The predicted molar refractivity (Wildman–Crippen MR) is 105 cm³/mol. The maximum absolute atomic E-state index is 6.22. The monoisotopic (exact) mass is 349 g/mol. The van der Waals surface area contributed by atoms with Crippen molar-refractivity contribution >= 4 is 19.8 Å². The van der Waals surface area contributed by atoms with E-state index < -0.39 is 8.32 Å². The zero-order valence-electron chi connectivity index (χ0n) is 15.1. The summed E-state index contributed by atoms with van der Waals surface area (Å²) in [6, 6.07) is 18.1. The van der Waals surface area contributed by atoms with Gasteiger partial charge in [0.15, 0.2) is 0 Å². The van der Waals surface area contributed by atoms with Gasteiger partial charge in [0.05, 0.1) is 0 Å². The second-order valence-corrected chi connectivity index (χ2v) is 11.3. The highest BCUT2D eigenvalue weighted by molar-refractivity contribution is 6.70. The topological polar surface area (TPSA) is 39.4 Å². The lowest BCUT2D eigenvalue weighted by Gasteiger charge is -2.20. The second kappa shape index (κ2) is 7.07. The summed E-state index contributed by atoms with van der Waals surface area (Å²) in [5, 5.41) is 0. The first kappa shape index (κ1) is 17.2. The van der Waals surface area contributed by atoms with Gasteiger partial charge in [-0.25, -0.2) is 9.98 Å². The summed E-state index contributed by atoms with van der Waals surface area (Å²) in [6.07, 6.45) is 3.72. The first-order valence-corrected chi connectivity index (χ1v) is 11.8. The van der Waals surface area contributed by atoms with Crippen LogP contribution >= 0.6 is 0 Å². The van der Waals surface area contributed by atoms with Crippen LogP contribution in [0.2, 0.25) is 19.6 Å². The molecule has 0 N–H and O–H groups in total. The van der Waals surface area contributed by atoms with Crippen molar-refractivity contribution in [1.82, 2.24) is 9.55 Å². The summed E-state index contributed by atoms with van der Waals surface area (Å²) in [6.45, 7) is 8.49. The highest BCUT2D eigenvalue weighted by Gasteiger charge is 2.18. The molecule has 0 unspecified atom stereocenters. The molecule has 3 rings (SSSR count). The third-order valence-electron chi connectivity index (χ3n) is 3.59. The normalized spacial score (nSPS) is 12.2. The van der Waals surface area contributed by atoms with E-state index in [0.717, 1.165) is 28.7 Å². The van der Waals surface area contributed by atoms with Crippen molar-refractivity contribution < 1.29 is 4.43 Å². The van der Waals surface area contributed by atoms with Crippen molar-refractivity contribution in [1.29, 1.82) is 0 Å². The van der Waals surface area contributed by atoms with E-state index in [9.17, 15) is 0 Å². The number of rotatable bonds is 4. The number of aromatic nitrogens is 2. The molecule has 3 aromatic rings. The molecule has 0 saturated carbocycles. The molecule has 0 aliphatic carbocycles. The molecule has 0 bridgehead atoms. The van der Waals surface area contributed by atoms with Gasteiger partial charge in [-0.15, -0.1) is 0 Å². The van der Waals surface area contributed by atoms with E-state index in [1.165, 1.54) is 0 Å². The molecule has 0 amide bonds. The van der Waals surface area contributed by atoms with Gasteiger partial charge in [-0.3, -0.25) is 4.57 Å². The van der Waals surface area contributed by atoms with Crippen LogP contribution in [0.4, 0.5) is 5.69 Å². The molecule has 4 nitrogen and oxygen atoms in total. The van der Waals surface area contributed by atoms with Crippen molar-refractivity contribution in [2.24, 2.45) is 4.99 Å². The Labute approximate surface area is 150 Å². The van der Waals surface area contributed by atoms with Crippen LogP contribution < -0.4 is 4.43 Å². The largest absolute Gasteiger partial charge is 0.543 e. The molecule has 1 heterocycles. The number of aliphatic imine (C=N–C) groups is 1. The maximum Gasteiger partial charge on any atom is 0.242 e. The highest BCUT2D eigenvalue weighted by Crippen LogP contribution is 2.30. The van der Waals surface area contributed by atoms with Crippen LogP contribution in [-0.4, -0.2) is 23.7 Å². The summed E-state index contributed by atoms with van der Waals surface area (Å²) in [5.41, 5.74) is 1.86. The number of imidazole rings is 1. The minimum Gasteiger partial charge on any atom is -0.543 e.